The summed E-state index contributed by atoms with van der Waals surface area (Å²) in [6, 6.07) is 17.3. The number of epoxide rings is 1. The number of carbonyl (C=O) groups is 1. The van der Waals surface area contributed by atoms with Crippen LogP contribution in [-0.4, -0.2) is 37.6 Å². The van der Waals surface area contributed by atoms with E-state index in [1.807, 2.05) is 62.4 Å². The van der Waals surface area contributed by atoms with Crippen molar-refractivity contribution in [1.29, 1.82) is 0 Å². The molecular formula is C22H25N3O4. The Labute approximate surface area is 170 Å². The zero-order chi connectivity index (χ0) is 20.9. The molecule has 1 saturated heterocycles. The largest absolute Gasteiger partial charge is 0.398 e. The summed E-state index contributed by atoms with van der Waals surface area (Å²) in [6.07, 6.45) is 0.0261. The van der Waals surface area contributed by atoms with Crippen molar-refractivity contribution in [2.24, 2.45) is 10.3 Å². The van der Waals surface area contributed by atoms with Gasteiger partial charge in [-0.3, -0.25) is 4.79 Å². The van der Waals surface area contributed by atoms with E-state index in [2.05, 4.69) is 15.6 Å². The van der Waals surface area contributed by atoms with Crippen LogP contribution in [0.5, 0.6) is 0 Å². The lowest BCUT2D eigenvalue weighted by Gasteiger charge is -2.13. The second kappa shape index (κ2) is 8.87. The predicted molar refractivity (Wildman–Crippen MR) is 111 cm³/mol. The Morgan fingerprint density at radius 2 is 1.79 bits per heavy atom. The first-order valence-corrected chi connectivity index (χ1v) is 9.36. The molecule has 7 nitrogen and oxygen atoms in total. The molecule has 3 rings (SSSR count). The van der Waals surface area contributed by atoms with Crippen LogP contribution in [0.1, 0.15) is 30.5 Å². The van der Waals surface area contributed by atoms with Gasteiger partial charge >= 0.3 is 0 Å². The van der Waals surface area contributed by atoms with Crippen LogP contribution in [0.2, 0.25) is 0 Å². The number of hydrogen-bond acceptors (Lipinski definition) is 6. The molecule has 0 aliphatic carbocycles. The molecule has 0 saturated carbocycles. The molecule has 2 unspecified atom stereocenters. The molecule has 0 bridgehead atoms. The van der Waals surface area contributed by atoms with Gasteiger partial charge in [0, 0.05) is 18.2 Å². The number of hydrogen-bond donors (Lipinski definition) is 1. The number of likely N-dealkylation sites (N-methyl/N-ethyl adjacent to an activating group) is 1. The SMILES string of the molecule is CNC(=O)/C(=N/OC)c1ccccc1CO/N=C(\C)C1(c2ccccc2)OC1C. The van der Waals surface area contributed by atoms with Crippen molar-refractivity contribution in [3.8, 4) is 0 Å². The second-order valence-corrected chi connectivity index (χ2v) is 6.67. The molecule has 1 aliphatic heterocycles. The average Bonchev–Trinajstić information content (AvgIpc) is 3.45. The Balaban J connectivity index is 1.79. The molecule has 2 aromatic rings. The maximum absolute atomic E-state index is 12.2. The minimum atomic E-state index is -0.550. The number of benzene rings is 2. The van der Waals surface area contributed by atoms with E-state index in [-0.39, 0.29) is 24.3 Å². The van der Waals surface area contributed by atoms with E-state index in [4.69, 9.17) is 14.4 Å². The monoisotopic (exact) mass is 395 g/mol. The van der Waals surface area contributed by atoms with Gasteiger partial charge in [0.2, 0.25) is 0 Å². The molecular weight excluding hydrogens is 370 g/mol. The zero-order valence-corrected chi connectivity index (χ0v) is 17.0. The van der Waals surface area contributed by atoms with Crippen LogP contribution in [0.4, 0.5) is 0 Å². The number of nitrogens with zero attached hydrogens (tertiary/aromatic N) is 2. The van der Waals surface area contributed by atoms with Gasteiger partial charge in [0.05, 0.1) is 11.8 Å². The van der Waals surface area contributed by atoms with Crippen LogP contribution in [-0.2, 0) is 31.4 Å². The topological polar surface area (TPSA) is 84.8 Å². The maximum atomic E-state index is 12.2. The predicted octanol–water partition coefficient (Wildman–Crippen LogP) is 2.99. The maximum Gasteiger partial charge on any atom is 0.273 e. The van der Waals surface area contributed by atoms with Gasteiger partial charge in [-0.05, 0) is 19.4 Å². The van der Waals surface area contributed by atoms with Crippen molar-refractivity contribution in [2.45, 2.75) is 32.2 Å². The Hall–Kier alpha value is -3.19. The highest BCUT2D eigenvalue weighted by atomic mass is 16.6. The first-order chi connectivity index (χ1) is 14.0. The van der Waals surface area contributed by atoms with Gasteiger partial charge in [-0.25, -0.2) is 0 Å². The van der Waals surface area contributed by atoms with Crippen molar-refractivity contribution in [1.82, 2.24) is 5.32 Å². The van der Waals surface area contributed by atoms with Crippen LogP contribution >= 0.6 is 0 Å². The van der Waals surface area contributed by atoms with E-state index < -0.39 is 5.60 Å². The standard InChI is InChI=1S/C22H25N3O4/c1-15(22(16(2)29-22)18-11-6-5-7-12-18)24-28-14-17-10-8-9-13-19(17)20(25-27-4)21(26)23-3/h5-13,16H,14H2,1-4H3,(H,23,26)/b24-15+,25-20+. The molecule has 0 aromatic heterocycles. The first kappa shape index (κ1) is 20.5. The molecule has 2 aromatic carbocycles. The Morgan fingerprint density at radius 1 is 1.14 bits per heavy atom. The normalized spacial score (nSPS) is 21.4. The summed E-state index contributed by atoms with van der Waals surface area (Å²) in [5.41, 5.74) is 2.80. The molecule has 1 heterocycles. The summed E-state index contributed by atoms with van der Waals surface area (Å²) in [5, 5.41) is 10.7. The molecule has 29 heavy (non-hydrogen) atoms. The summed E-state index contributed by atoms with van der Waals surface area (Å²) in [7, 11) is 2.94. The van der Waals surface area contributed by atoms with Gasteiger partial charge in [-0.1, -0.05) is 64.9 Å². The number of ether oxygens (including phenoxy) is 1. The van der Waals surface area contributed by atoms with E-state index in [0.717, 1.165) is 16.8 Å². The van der Waals surface area contributed by atoms with Crippen LogP contribution in [0.15, 0.2) is 64.9 Å². The van der Waals surface area contributed by atoms with E-state index in [9.17, 15) is 4.79 Å². The first-order valence-electron chi connectivity index (χ1n) is 9.36. The van der Waals surface area contributed by atoms with Crippen LogP contribution in [0.25, 0.3) is 0 Å². The summed E-state index contributed by atoms with van der Waals surface area (Å²) >= 11 is 0. The fourth-order valence-corrected chi connectivity index (χ4v) is 3.39. The third-order valence-corrected chi connectivity index (χ3v) is 4.94. The Morgan fingerprint density at radius 3 is 2.41 bits per heavy atom. The number of oxime groups is 2. The lowest BCUT2D eigenvalue weighted by molar-refractivity contribution is -0.114. The summed E-state index contributed by atoms with van der Waals surface area (Å²) in [5.74, 6) is -0.345. The van der Waals surface area contributed by atoms with Gasteiger partial charge in [0.15, 0.2) is 11.3 Å². The lowest BCUT2D eigenvalue weighted by Crippen LogP contribution is -2.29. The van der Waals surface area contributed by atoms with Gasteiger partial charge in [0.1, 0.15) is 13.7 Å². The summed E-state index contributed by atoms with van der Waals surface area (Å²) < 4.78 is 5.90. The molecule has 0 radical (unpaired) electrons. The van der Waals surface area contributed by atoms with Crippen molar-refractivity contribution < 1.29 is 19.2 Å². The lowest BCUT2D eigenvalue weighted by atomic mass is 9.92. The zero-order valence-electron chi connectivity index (χ0n) is 17.0. The van der Waals surface area contributed by atoms with Gasteiger partial charge in [-0.15, -0.1) is 0 Å². The highest BCUT2D eigenvalue weighted by Crippen LogP contribution is 2.47. The molecule has 152 valence electrons. The molecule has 1 fully saturated rings. The molecule has 1 aliphatic rings. The highest BCUT2D eigenvalue weighted by molar-refractivity contribution is 6.45. The quantitative estimate of drug-likeness (QED) is 0.423. The molecule has 1 N–H and O–H groups in total. The van der Waals surface area contributed by atoms with Crippen molar-refractivity contribution in [3.05, 3.63) is 71.3 Å². The van der Waals surface area contributed by atoms with Gasteiger partial charge in [0.25, 0.3) is 5.91 Å². The van der Waals surface area contributed by atoms with E-state index >= 15 is 0 Å². The summed E-state index contributed by atoms with van der Waals surface area (Å²) in [4.78, 5) is 22.6. The highest BCUT2D eigenvalue weighted by Gasteiger charge is 2.57. The van der Waals surface area contributed by atoms with E-state index in [1.165, 1.54) is 7.11 Å². The Bertz CT molecular complexity index is 927. The van der Waals surface area contributed by atoms with Crippen LogP contribution in [0, 0.1) is 0 Å². The third-order valence-electron chi connectivity index (χ3n) is 4.94. The van der Waals surface area contributed by atoms with E-state index in [1.54, 1.807) is 13.1 Å². The molecule has 2 atom stereocenters. The van der Waals surface area contributed by atoms with Gasteiger partial charge < -0.3 is 19.7 Å². The molecule has 1 amide bonds. The van der Waals surface area contributed by atoms with Crippen molar-refractivity contribution in [3.63, 3.8) is 0 Å². The average molecular weight is 395 g/mol. The number of rotatable bonds is 8. The van der Waals surface area contributed by atoms with Crippen LogP contribution < -0.4 is 5.32 Å². The minimum absolute atomic E-state index is 0.0261. The van der Waals surface area contributed by atoms with E-state index in [0.29, 0.717) is 5.56 Å². The number of nitrogens with one attached hydrogen (secondary N) is 1. The minimum Gasteiger partial charge on any atom is -0.398 e. The summed E-state index contributed by atoms with van der Waals surface area (Å²) in [6.45, 7) is 4.08. The molecule has 0 spiro atoms. The Kier molecular flexibility index (Phi) is 6.29. The second-order valence-electron chi connectivity index (χ2n) is 6.67. The number of carbonyl (C=O) groups excluding carboxylic acids is 1. The van der Waals surface area contributed by atoms with Gasteiger partial charge in [-0.2, -0.15) is 0 Å². The fourth-order valence-electron chi connectivity index (χ4n) is 3.39. The van der Waals surface area contributed by atoms with Crippen LogP contribution in [0.3, 0.4) is 0 Å². The third kappa shape index (κ3) is 4.14. The van der Waals surface area contributed by atoms with Crippen molar-refractivity contribution >= 4 is 17.3 Å². The van der Waals surface area contributed by atoms with Crippen molar-refractivity contribution in [2.75, 3.05) is 14.2 Å². The molecule has 7 heteroatoms. The number of amides is 1. The fraction of sp³-hybridized carbons (Fsp3) is 0.318. The smallest absolute Gasteiger partial charge is 0.273 e.